The Kier molecular flexibility index (Phi) is 4.84. The van der Waals surface area contributed by atoms with E-state index in [-0.39, 0.29) is 5.82 Å². The van der Waals surface area contributed by atoms with Gasteiger partial charge in [0.15, 0.2) is 0 Å². The SMILES string of the molecule is Cc1ccccc1CSCc1cccc(F)c1Br. The topological polar surface area (TPSA) is 0 Å². The van der Waals surface area contributed by atoms with E-state index in [0.29, 0.717) is 4.47 Å². The Labute approximate surface area is 120 Å². The summed E-state index contributed by atoms with van der Waals surface area (Å²) in [6, 6.07) is 13.5. The average Bonchev–Trinajstić information content (AvgIpc) is 2.37. The van der Waals surface area contributed by atoms with Crippen molar-refractivity contribution in [1.29, 1.82) is 0 Å². The Hall–Kier alpha value is -0.800. The fourth-order valence-corrected chi connectivity index (χ4v) is 3.40. The van der Waals surface area contributed by atoms with Crippen LogP contribution in [0.15, 0.2) is 46.9 Å². The molecule has 0 spiro atoms. The van der Waals surface area contributed by atoms with E-state index in [1.807, 2.05) is 12.1 Å². The fraction of sp³-hybridized carbons (Fsp3) is 0.200. The molecule has 0 saturated carbocycles. The molecule has 0 saturated heterocycles. The highest BCUT2D eigenvalue weighted by atomic mass is 79.9. The quantitative estimate of drug-likeness (QED) is 0.732. The Morgan fingerprint density at radius 3 is 2.44 bits per heavy atom. The highest BCUT2D eigenvalue weighted by Crippen LogP contribution is 2.26. The van der Waals surface area contributed by atoms with Crippen molar-refractivity contribution in [2.24, 2.45) is 0 Å². The molecule has 2 rings (SSSR count). The minimum Gasteiger partial charge on any atom is -0.206 e. The largest absolute Gasteiger partial charge is 0.206 e. The van der Waals surface area contributed by atoms with Crippen LogP contribution in [0.25, 0.3) is 0 Å². The van der Waals surface area contributed by atoms with Gasteiger partial charge in [-0.3, -0.25) is 0 Å². The summed E-state index contributed by atoms with van der Waals surface area (Å²) < 4.78 is 13.9. The highest BCUT2D eigenvalue weighted by molar-refractivity contribution is 9.10. The van der Waals surface area contributed by atoms with Crippen molar-refractivity contribution in [3.05, 3.63) is 69.4 Å². The summed E-state index contributed by atoms with van der Waals surface area (Å²) in [5, 5.41) is 0. The summed E-state index contributed by atoms with van der Waals surface area (Å²) in [4.78, 5) is 0. The van der Waals surface area contributed by atoms with Crippen molar-refractivity contribution < 1.29 is 4.39 Å². The first-order chi connectivity index (χ1) is 8.68. The predicted molar refractivity (Wildman–Crippen MR) is 80.3 cm³/mol. The summed E-state index contributed by atoms with van der Waals surface area (Å²) in [6.07, 6.45) is 0. The lowest BCUT2D eigenvalue weighted by Crippen LogP contribution is -1.89. The van der Waals surface area contributed by atoms with Crippen molar-refractivity contribution in [2.45, 2.75) is 18.4 Å². The molecule has 0 unspecified atom stereocenters. The van der Waals surface area contributed by atoms with Crippen molar-refractivity contribution in [2.75, 3.05) is 0 Å². The molecule has 0 atom stereocenters. The first-order valence-electron chi connectivity index (χ1n) is 5.73. The number of rotatable bonds is 4. The lowest BCUT2D eigenvalue weighted by atomic mass is 10.1. The molecule has 0 aromatic heterocycles. The van der Waals surface area contributed by atoms with Crippen LogP contribution in [0.1, 0.15) is 16.7 Å². The van der Waals surface area contributed by atoms with Gasteiger partial charge in [0.25, 0.3) is 0 Å². The van der Waals surface area contributed by atoms with Gasteiger partial charge < -0.3 is 0 Å². The van der Waals surface area contributed by atoms with Gasteiger partial charge in [0.05, 0.1) is 4.47 Å². The molecule has 0 aliphatic carbocycles. The van der Waals surface area contributed by atoms with E-state index in [1.54, 1.807) is 17.8 Å². The Morgan fingerprint density at radius 1 is 1.00 bits per heavy atom. The van der Waals surface area contributed by atoms with Crippen LogP contribution in [0, 0.1) is 12.7 Å². The molecule has 0 aliphatic rings. The van der Waals surface area contributed by atoms with Gasteiger partial charge in [0, 0.05) is 11.5 Å². The second-order valence-electron chi connectivity index (χ2n) is 4.13. The number of aryl methyl sites for hydroxylation is 1. The van der Waals surface area contributed by atoms with Crippen molar-refractivity contribution >= 4 is 27.7 Å². The maximum Gasteiger partial charge on any atom is 0.137 e. The maximum atomic E-state index is 13.3. The van der Waals surface area contributed by atoms with E-state index in [9.17, 15) is 4.39 Å². The molecule has 2 aromatic carbocycles. The third kappa shape index (κ3) is 3.36. The lowest BCUT2D eigenvalue weighted by molar-refractivity contribution is 0.619. The number of hydrogen-bond acceptors (Lipinski definition) is 1. The molecule has 0 bridgehead atoms. The van der Waals surface area contributed by atoms with Crippen LogP contribution in [-0.4, -0.2) is 0 Å². The molecule has 0 N–H and O–H groups in total. The van der Waals surface area contributed by atoms with Crippen LogP contribution in [0.3, 0.4) is 0 Å². The molecule has 18 heavy (non-hydrogen) atoms. The normalized spacial score (nSPS) is 10.6. The zero-order valence-corrected chi connectivity index (χ0v) is 12.5. The van der Waals surface area contributed by atoms with Gasteiger partial charge in [-0.1, -0.05) is 36.4 Å². The van der Waals surface area contributed by atoms with Crippen LogP contribution in [0.4, 0.5) is 4.39 Å². The van der Waals surface area contributed by atoms with Gasteiger partial charge in [-0.25, -0.2) is 4.39 Å². The number of hydrogen-bond donors (Lipinski definition) is 0. The lowest BCUT2D eigenvalue weighted by Gasteiger charge is -2.07. The van der Waals surface area contributed by atoms with Gasteiger partial charge in [-0.2, -0.15) is 11.8 Å². The highest BCUT2D eigenvalue weighted by Gasteiger charge is 2.05. The summed E-state index contributed by atoms with van der Waals surface area (Å²) in [5.41, 5.74) is 3.66. The molecule has 0 amide bonds. The van der Waals surface area contributed by atoms with Gasteiger partial charge in [-0.15, -0.1) is 0 Å². The Morgan fingerprint density at radius 2 is 1.67 bits per heavy atom. The summed E-state index contributed by atoms with van der Waals surface area (Å²) in [5.74, 6) is 1.58. The number of benzene rings is 2. The molecule has 0 fully saturated rings. The van der Waals surface area contributed by atoms with E-state index in [0.717, 1.165) is 17.1 Å². The van der Waals surface area contributed by atoms with Crippen molar-refractivity contribution in [3.8, 4) is 0 Å². The summed E-state index contributed by atoms with van der Waals surface area (Å²) in [6.45, 7) is 2.12. The van der Waals surface area contributed by atoms with Gasteiger partial charge in [0.1, 0.15) is 5.82 Å². The molecular weight excluding hydrogens is 311 g/mol. The fourth-order valence-electron chi connectivity index (χ4n) is 1.70. The minimum absolute atomic E-state index is 0.191. The van der Waals surface area contributed by atoms with E-state index >= 15 is 0 Å². The van der Waals surface area contributed by atoms with E-state index < -0.39 is 0 Å². The van der Waals surface area contributed by atoms with Gasteiger partial charge in [0.2, 0.25) is 0 Å². The number of thioether (sulfide) groups is 1. The molecule has 0 nitrogen and oxygen atoms in total. The third-order valence-corrected chi connectivity index (χ3v) is 4.73. The monoisotopic (exact) mass is 324 g/mol. The molecule has 2 aromatic rings. The smallest absolute Gasteiger partial charge is 0.137 e. The zero-order chi connectivity index (χ0) is 13.0. The Balaban J connectivity index is 1.97. The van der Waals surface area contributed by atoms with Crippen molar-refractivity contribution in [3.63, 3.8) is 0 Å². The number of halogens is 2. The Bertz CT molecular complexity index is 540. The van der Waals surface area contributed by atoms with Gasteiger partial charge in [-0.05, 0) is 45.6 Å². The molecule has 3 heteroatoms. The molecule has 0 aliphatic heterocycles. The molecular formula is C15H14BrFS. The van der Waals surface area contributed by atoms with Crippen LogP contribution >= 0.6 is 27.7 Å². The van der Waals surface area contributed by atoms with Crippen LogP contribution in [0.5, 0.6) is 0 Å². The first kappa shape index (κ1) is 13.6. The molecule has 94 valence electrons. The van der Waals surface area contributed by atoms with Crippen LogP contribution < -0.4 is 0 Å². The van der Waals surface area contributed by atoms with Crippen LogP contribution in [0.2, 0.25) is 0 Å². The van der Waals surface area contributed by atoms with E-state index in [1.165, 1.54) is 17.2 Å². The first-order valence-corrected chi connectivity index (χ1v) is 7.68. The standard InChI is InChI=1S/C15H14BrFS/c1-11-5-2-3-6-12(11)9-18-10-13-7-4-8-14(17)15(13)16/h2-8H,9-10H2,1H3. The van der Waals surface area contributed by atoms with Crippen LogP contribution in [-0.2, 0) is 11.5 Å². The molecule has 0 radical (unpaired) electrons. The second kappa shape index (κ2) is 6.39. The maximum absolute atomic E-state index is 13.3. The zero-order valence-electron chi connectivity index (χ0n) is 10.1. The third-order valence-electron chi connectivity index (χ3n) is 2.81. The average molecular weight is 325 g/mol. The minimum atomic E-state index is -0.191. The molecule has 0 heterocycles. The van der Waals surface area contributed by atoms with Crippen molar-refractivity contribution in [1.82, 2.24) is 0 Å². The summed E-state index contributed by atoms with van der Waals surface area (Å²) >= 11 is 5.09. The second-order valence-corrected chi connectivity index (χ2v) is 5.91. The van der Waals surface area contributed by atoms with Gasteiger partial charge >= 0.3 is 0 Å². The summed E-state index contributed by atoms with van der Waals surface area (Å²) in [7, 11) is 0. The predicted octanol–water partition coefficient (Wildman–Crippen LogP) is 5.33. The van der Waals surface area contributed by atoms with E-state index in [4.69, 9.17) is 0 Å². The van der Waals surface area contributed by atoms with E-state index in [2.05, 4.69) is 41.1 Å².